The molecule has 1 unspecified atom stereocenters. The van der Waals surface area contributed by atoms with Crippen LogP contribution >= 0.6 is 0 Å². The Morgan fingerprint density at radius 1 is 1.25 bits per heavy atom. The predicted octanol–water partition coefficient (Wildman–Crippen LogP) is 3.46. The monoisotopic (exact) mass is 220 g/mol. The van der Waals surface area contributed by atoms with Gasteiger partial charge in [-0.15, -0.1) is 0 Å². The van der Waals surface area contributed by atoms with Gasteiger partial charge in [-0.1, -0.05) is 45.0 Å². The van der Waals surface area contributed by atoms with E-state index in [1.807, 2.05) is 19.1 Å². The van der Waals surface area contributed by atoms with E-state index in [0.717, 1.165) is 5.56 Å². The third-order valence-electron chi connectivity index (χ3n) is 2.97. The molecule has 0 saturated carbocycles. The minimum atomic E-state index is -0.699. The molecule has 0 bridgehead atoms. The Kier molecular flexibility index (Phi) is 4.53. The van der Waals surface area contributed by atoms with Crippen molar-refractivity contribution in [2.24, 2.45) is 5.92 Å². The van der Waals surface area contributed by atoms with Gasteiger partial charge in [0.15, 0.2) is 0 Å². The minimum absolute atomic E-state index is 0.259. The Morgan fingerprint density at radius 3 is 2.19 bits per heavy atom. The first-order chi connectivity index (χ1) is 7.54. The Balaban J connectivity index is 2.71. The van der Waals surface area contributed by atoms with Crippen LogP contribution in [0.15, 0.2) is 24.3 Å². The molecule has 1 rings (SSSR count). The first kappa shape index (κ1) is 12.8. The van der Waals surface area contributed by atoms with E-state index in [-0.39, 0.29) is 5.92 Å². The van der Waals surface area contributed by atoms with Crippen LogP contribution in [0.3, 0.4) is 0 Å². The summed E-state index contributed by atoms with van der Waals surface area (Å²) in [6.45, 7) is 6.23. The molecule has 1 N–H and O–H groups in total. The largest absolute Gasteiger partial charge is 0.481 e. The van der Waals surface area contributed by atoms with Crippen LogP contribution < -0.4 is 0 Å². The van der Waals surface area contributed by atoms with E-state index in [4.69, 9.17) is 5.11 Å². The third-order valence-corrected chi connectivity index (χ3v) is 2.97. The molecule has 1 atom stereocenters. The van der Waals surface area contributed by atoms with Crippen LogP contribution in [0.25, 0.3) is 0 Å². The lowest BCUT2D eigenvalue weighted by atomic mass is 9.95. The van der Waals surface area contributed by atoms with Crippen molar-refractivity contribution in [3.05, 3.63) is 35.4 Å². The first-order valence-corrected chi connectivity index (χ1v) is 5.86. The Bertz CT molecular complexity index is 338. The first-order valence-electron chi connectivity index (χ1n) is 5.86. The second kappa shape index (κ2) is 5.69. The van der Waals surface area contributed by atoms with Crippen molar-refractivity contribution >= 4 is 5.97 Å². The fourth-order valence-corrected chi connectivity index (χ4v) is 1.73. The van der Waals surface area contributed by atoms with E-state index in [1.54, 1.807) is 0 Å². The molecule has 0 spiro atoms. The smallest absolute Gasteiger partial charge is 0.306 e. The van der Waals surface area contributed by atoms with E-state index >= 15 is 0 Å². The molecule has 2 heteroatoms. The summed E-state index contributed by atoms with van der Waals surface area (Å²) in [5, 5.41) is 8.98. The van der Waals surface area contributed by atoms with Crippen LogP contribution in [0.2, 0.25) is 0 Å². The van der Waals surface area contributed by atoms with Gasteiger partial charge in [0, 0.05) is 0 Å². The van der Waals surface area contributed by atoms with Crippen molar-refractivity contribution in [1.82, 2.24) is 0 Å². The average Bonchev–Trinajstić information content (AvgIpc) is 2.26. The lowest BCUT2D eigenvalue weighted by molar-refractivity contribution is -0.141. The summed E-state index contributed by atoms with van der Waals surface area (Å²) >= 11 is 0. The Hall–Kier alpha value is -1.31. The number of benzene rings is 1. The molecule has 0 amide bonds. The Labute approximate surface area is 97.3 Å². The molecule has 0 radical (unpaired) electrons. The van der Waals surface area contributed by atoms with Crippen LogP contribution in [0.4, 0.5) is 0 Å². The third kappa shape index (κ3) is 3.37. The van der Waals surface area contributed by atoms with E-state index in [0.29, 0.717) is 18.8 Å². The molecule has 16 heavy (non-hydrogen) atoms. The fourth-order valence-electron chi connectivity index (χ4n) is 1.73. The van der Waals surface area contributed by atoms with E-state index < -0.39 is 5.97 Å². The van der Waals surface area contributed by atoms with Crippen LogP contribution in [-0.2, 0) is 11.2 Å². The standard InChI is InChI=1S/C14H20O2/c1-4-12(14(15)16)9-11-5-7-13(8-6-11)10(2)3/h5-8,10,12H,4,9H2,1-3H3,(H,15,16). The van der Waals surface area contributed by atoms with Gasteiger partial charge < -0.3 is 5.11 Å². The average molecular weight is 220 g/mol. The molecule has 0 aliphatic carbocycles. The van der Waals surface area contributed by atoms with Gasteiger partial charge in [-0.05, 0) is 29.9 Å². The molecule has 88 valence electrons. The summed E-state index contributed by atoms with van der Waals surface area (Å²) in [6, 6.07) is 8.27. The summed E-state index contributed by atoms with van der Waals surface area (Å²) in [5.74, 6) is -0.434. The zero-order chi connectivity index (χ0) is 12.1. The van der Waals surface area contributed by atoms with Gasteiger partial charge in [0.1, 0.15) is 0 Å². The molecule has 0 aromatic heterocycles. The van der Waals surface area contributed by atoms with Gasteiger partial charge in [-0.2, -0.15) is 0 Å². The maximum absolute atomic E-state index is 10.9. The number of hydrogen-bond acceptors (Lipinski definition) is 1. The van der Waals surface area contributed by atoms with Gasteiger partial charge in [0.25, 0.3) is 0 Å². The number of carboxylic acids is 1. The van der Waals surface area contributed by atoms with Gasteiger partial charge in [-0.25, -0.2) is 0 Å². The highest BCUT2D eigenvalue weighted by molar-refractivity contribution is 5.70. The molecule has 0 aliphatic heterocycles. The second-order valence-electron chi connectivity index (χ2n) is 4.54. The maximum Gasteiger partial charge on any atom is 0.306 e. The van der Waals surface area contributed by atoms with Gasteiger partial charge in [-0.3, -0.25) is 4.79 Å². The van der Waals surface area contributed by atoms with Crippen LogP contribution in [0.1, 0.15) is 44.2 Å². The molecule has 0 heterocycles. The number of aliphatic carboxylic acids is 1. The second-order valence-corrected chi connectivity index (χ2v) is 4.54. The maximum atomic E-state index is 10.9. The summed E-state index contributed by atoms with van der Waals surface area (Å²) in [7, 11) is 0. The highest BCUT2D eigenvalue weighted by atomic mass is 16.4. The number of carboxylic acid groups (broad SMARTS) is 1. The molecule has 2 nitrogen and oxygen atoms in total. The van der Waals surface area contributed by atoms with Gasteiger partial charge >= 0.3 is 5.97 Å². The number of carbonyl (C=O) groups is 1. The molecule has 0 aliphatic rings. The van der Waals surface area contributed by atoms with E-state index in [1.165, 1.54) is 5.56 Å². The normalized spacial score (nSPS) is 12.8. The summed E-state index contributed by atoms with van der Waals surface area (Å²) in [4.78, 5) is 10.9. The van der Waals surface area contributed by atoms with Gasteiger partial charge in [0.05, 0.1) is 5.92 Å². The fraction of sp³-hybridized carbons (Fsp3) is 0.500. The molecular weight excluding hydrogens is 200 g/mol. The highest BCUT2D eigenvalue weighted by Crippen LogP contribution is 2.17. The predicted molar refractivity (Wildman–Crippen MR) is 65.7 cm³/mol. The quantitative estimate of drug-likeness (QED) is 0.825. The topological polar surface area (TPSA) is 37.3 Å². The molecular formula is C14H20O2. The van der Waals surface area contributed by atoms with Crippen molar-refractivity contribution in [1.29, 1.82) is 0 Å². The van der Waals surface area contributed by atoms with Gasteiger partial charge in [0.2, 0.25) is 0 Å². The van der Waals surface area contributed by atoms with E-state index in [2.05, 4.69) is 26.0 Å². The lowest BCUT2D eigenvalue weighted by Crippen LogP contribution is -2.15. The van der Waals surface area contributed by atoms with Crippen LogP contribution in [0, 0.1) is 5.92 Å². The van der Waals surface area contributed by atoms with Crippen LogP contribution in [-0.4, -0.2) is 11.1 Å². The number of hydrogen-bond donors (Lipinski definition) is 1. The van der Waals surface area contributed by atoms with Crippen molar-refractivity contribution in [3.8, 4) is 0 Å². The minimum Gasteiger partial charge on any atom is -0.481 e. The molecule has 0 fully saturated rings. The Morgan fingerprint density at radius 2 is 1.81 bits per heavy atom. The molecule has 1 aromatic rings. The summed E-state index contributed by atoms with van der Waals surface area (Å²) in [5.41, 5.74) is 2.41. The van der Waals surface area contributed by atoms with Crippen molar-refractivity contribution in [3.63, 3.8) is 0 Å². The summed E-state index contributed by atoms with van der Waals surface area (Å²) < 4.78 is 0. The SMILES string of the molecule is CCC(Cc1ccc(C(C)C)cc1)C(=O)O. The molecule has 0 saturated heterocycles. The highest BCUT2D eigenvalue weighted by Gasteiger charge is 2.15. The van der Waals surface area contributed by atoms with Crippen molar-refractivity contribution < 1.29 is 9.90 Å². The molecule has 1 aromatic carbocycles. The van der Waals surface area contributed by atoms with Crippen molar-refractivity contribution in [2.45, 2.75) is 39.5 Å². The van der Waals surface area contributed by atoms with E-state index in [9.17, 15) is 4.79 Å². The zero-order valence-electron chi connectivity index (χ0n) is 10.2. The zero-order valence-corrected chi connectivity index (χ0v) is 10.2. The number of rotatable bonds is 5. The lowest BCUT2D eigenvalue weighted by Gasteiger charge is -2.11. The van der Waals surface area contributed by atoms with Crippen molar-refractivity contribution in [2.75, 3.05) is 0 Å². The van der Waals surface area contributed by atoms with Crippen LogP contribution in [0.5, 0.6) is 0 Å². The summed E-state index contributed by atoms with van der Waals surface area (Å²) in [6.07, 6.45) is 1.31.